The normalized spacial score (nSPS) is 12.8. The molecule has 0 radical (unpaired) electrons. The Morgan fingerprint density at radius 2 is 1.95 bits per heavy atom. The van der Waals surface area contributed by atoms with Gasteiger partial charge in [-0.2, -0.15) is 13.2 Å². The van der Waals surface area contributed by atoms with Crippen LogP contribution in [0.4, 0.5) is 13.2 Å². The monoisotopic (exact) mass is 306 g/mol. The second-order valence-electron chi connectivity index (χ2n) is 4.33. The van der Waals surface area contributed by atoms with Gasteiger partial charge in [0.25, 0.3) is 0 Å². The first-order valence-electron chi connectivity index (χ1n) is 6.12. The summed E-state index contributed by atoms with van der Waals surface area (Å²) in [6.07, 6.45) is -4.37. The van der Waals surface area contributed by atoms with E-state index in [0.29, 0.717) is 5.56 Å². The van der Waals surface area contributed by atoms with Crippen molar-refractivity contribution in [1.82, 2.24) is 5.32 Å². The van der Waals surface area contributed by atoms with Gasteiger partial charge in [-0.25, -0.2) is 0 Å². The number of carbonyl (C=O) groups excluding carboxylic acids is 1. The number of rotatable bonds is 7. The van der Waals surface area contributed by atoms with Gasteiger partial charge in [0.05, 0.1) is 6.61 Å². The van der Waals surface area contributed by atoms with Crippen LogP contribution in [-0.2, 0) is 16.1 Å². The van der Waals surface area contributed by atoms with Crippen molar-refractivity contribution in [3.05, 3.63) is 29.8 Å². The number of amides is 1. The molecule has 0 saturated heterocycles. The van der Waals surface area contributed by atoms with Crippen LogP contribution < -0.4 is 15.8 Å². The molecule has 0 spiro atoms. The summed E-state index contributed by atoms with van der Waals surface area (Å²) in [7, 11) is 1.44. The maximum absolute atomic E-state index is 12.0. The summed E-state index contributed by atoms with van der Waals surface area (Å²) < 4.78 is 45.2. The third-order valence-corrected chi connectivity index (χ3v) is 2.48. The molecular weight excluding hydrogens is 289 g/mol. The van der Waals surface area contributed by atoms with E-state index in [2.05, 4.69) is 10.1 Å². The van der Waals surface area contributed by atoms with E-state index in [0.717, 1.165) is 0 Å². The van der Waals surface area contributed by atoms with Crippen LogP contribution in [0.5, 0.6) is 5.75 Å². The maximum atomic E-state index is 12.0. The highest BCUT2D eigenvalue weighted by Crippen LogP contribution is 2.18. The minimum Gasteiger partial charge on any atom is -0.484 e. The minimum absolute atomic E-state index is 0.107. The van der Waals surface area contributed by atoms with Gasteiger partial charge in [-0.15, -0.1) is 0 Å². The van der Waals surface area contributed by atoms with Crippen LogP contribution in [0, 0.1) is 0 Å². The van der Waals surface area contributed by atoms with Crippen molar-refractivity contribution in [3.63, 3.8) is 0 Å². The first-order chi connectivity index (χ1) is 9.81. The Kier molecular flexibility index (Phi) is 6.44. The van der Waals surface area contributed by atoms with Crippen LogP contribution in [0.1, 0.15) is 5.56 Å². The first-order valence-corrected chi connectivity index (χ1v) is 6.12. The average molecular weight is 306 g/mol. The molecule has 0 aliphatic heterocycles. The number of halogens is 3. The molecule has 1 unspecified atom stereocenters. The average Bonchev–Trinajstić information content (AvgIpc) is 2.43. The summed E-state index contributed by atoms with van der Waals surface area (Å²) in [4.78, 5) is 11.5. The number of nitrogens with two attached hydrogens (primary N) is 1. The molecule has 5 nitrogen and oxygen atoms in total. The molecule has 118 valence electrons. The molecule has 0 aliphatic rings. The molecule has 1 rings (SSSR count). The van der Waals surface area contributed by atoms with Crippen LogP contribution in [0.3, 0.4) is 0 Å². The Morgan fingerprint density at radius 1 is 1.33 bits per heavy atom. The largest absolute Gasteiger partial charge is 0.484 e. The van der Waals surface area contributed by atoms with Crippen molar-refractivity contribution in [2.75, 3.05) is 20.3 Å². The van der Waals surface area contributed by atoms with Crippen LogP contribution in [0.25, 0.3) is 0 Å². The molecule has 0 saturated carbocycles. The maximum Gasteiger partial charge on any atom is 0.422 e. The van der Waals surface area contributed by atoms with E-state index in [1.165, 1.54) is 19.2 Å². The zero-order valence-electron chi connectivity index (χ0n) is 11.4. The smallest absolute Gasteiger partial charge is 0.422 e. The highest BCUT2D eigenvalue weighted by molar-refractivity contribution is 5.81. The van der Waals surface area contributed by atoms with Crippen molar-refractivity contribution >= 4 is 5.91 Å². The second-order valence-corrected chi connectivity index (χ2v) is 4.33. The predicted octanol–water partition coefficient (Wildman–Crippen LogP) is 1.22. The Labute approximate surface area is 120 Å². The van der Waals surface area contributed by atoms with E-state index >= 15 is 0 Å². The number of methoxy groups -OCH3 is 1. The molecule has 0 bridgehead atoms. The quantitative estimate of drug-likeness (QED) is 0.794. The molecule has 21 heavy (non-hydrogen) atoms. The number of carbonyl (C=O) groups is 1. The van der Waals surface area contributed by atoms with E-state index in [9.17, 15) is 18.0 Å². The number of nitrogens with one attached hydrogen (secondary N) is 1. The first kappa shape index (κ1) is 17.3. The van der Waals surface area contributed by atoms with E-state index in [1.54, 1.807) is 12.1 Å². The summed E-state index contributed by atoms with van der Waals surface area (Å²) in [5, 5.41) is 2.59. The highest BCUT2D eigenvalue weighted by Gasteiger charge is 2.28. The van der Waals surface area contributed by atoms with Crippen molar-refractivity contribution in [2.45, 2.75) is 18.8 Å². The van der Waals surface area contributed by atoms with Crippen LogP contribution in [0.2, 0.25) is 0 Å². The van der Waals surface area contributed by atoms with Gasteiger partial charge >= 0.3 is 6.18 Å². The summed E-state index contributed by atoms with van der Waals surface area (Å²) >= 11 is 0. The zero-order chi connectivity index (χ0) is 15.9. The van der Waals surface area contributed by atoms with Gasteiger partial charge in [-0.05, 0) is 17.7 Å². The lowest BCUT2D eigenvalue weighted by atomic mass is 10.2. The molecule has 0 aromatic heterocycles. The molecule has 0 heterocycles. The molecule has 0 fully saturated rings. The number of hydrogen-bond donors (Lipinski definition) is 2. The van der Waals surface area contributed by atoms with E-state index in [4.69, 9.17) is 10.5 Å². The summed E-state index contributed by atoms with van der Waals surface area (Å²) in [6, 6.07) is 5.18. The Balaban J connectivity index is 2.42. The van der Waals surface area contributed by atoms with E-state index < -0.39 is 18.8 Å². The van der Waals surface area contributed by atoms with Gasteiger partial charge in [0.15, 0.2) is 6.61 Å². The molecule has 1 aromatic carbocycles. The van der Waals surface area contributed by atoms with Crippen molar-refractivity contribution in [2.24, 2.45) is 5.73 Å². The van der Waals surface area contributed by atoms with Crippen molar-refractivity contribution in [3.8, 4) is 5.75 Å². The van der Waals surface area contributed by atoms with Gasteiger partial charge in [0.1, 0.15) is 11.8 Å². The third kappa shape index (κ3) is 6.96. The number of benzene rings is 1. The van der Waals surface area contributed by atoms with E-state index in [-0.39, 0.29) is 24.8 Å². The fourth-order valence-electron chi connectivity index (χ4n) is 1.44. The van der Waals surface area contributed by atoms with Gasteiger partial charge in [0.2, 0.25) is 5.91 Å². The summed E-state index contributed by atoms with van der Waals surface area (Å²) in [5.74, 6) is -0.257. The molecular formula is C13H17F3N2O3. The van der Waals surface area contributed by atoms with E-state index in [1.807, 2.05) is 0 Å². The lowest BCUT2D eigenvalue weighted by Crippen LogP contribution is -2.43. The minimum atomic E-state index is -4.37. The lowest BCUT2D eigenvalue weighted by Gasteiger charge is -2.12. The Hall–Kier alpha value is -1.80. The number of alkyl halides is 3. The molecule has 1 atom stereocenters. The second kappa shape index (κ2) is 7.84. The molecule has 0 aliphatic carbocycles. The Bertz CT molecular complexity index is 449. The standard InChI is InChI=1S/C13H17F3N2O3/c1-20-7-11(17)12(19)18-6-9-2-4-10(5-3-9)21-8-13(14,15)16/h2-5,11H,6-8,17H2,1H3,(H,18,19). The fraction of sp³-hybridized carbons (Fsp3) is 0.462. The van der Waals surface area contributed by atoms with Crippen LogP contribution in [-0.4, -0.2) is 38.4 Å². The molecule has 1 amide bonds. The number of ether oxygens (including phenoxy) is 2. The molecule has 1 aromatic rings. The predicted molar refractivity (Wildman–Crippen MR) is 69.7 cm³/mol. The summed E-state index contributed by atoms with van der Waals surface area (Å²) in [6.45, 7) is -1.01. The van der Waals surface area contributed by atoms with Gasteiger partial charge in [-0.3, -0.25) is 4.79 Å². The molecule has 8 heteroatoms. The Morgan fingerprint density at radius 3 is 2.48 bits per heavy atom. The molecule has 3 N–H and O–H groups in total. The topological polar surface area (TPSA) is 73.6 Å². The zero-order valence-corrected chi connectivity index (χ0v) is 11.4. The number of hydrogen-bond acceptors (Lipinski definition) is 4. The van der Waals surface area contributed by atoms with Crippen molar-refractivity contribution < 1.29 is 27.4 Å². The highest BCUT2D eigenvalue weighted by atomic mass is 19.4. The van der Waals surface area contributed by atoms with Crippen molar-refractivity contribution in [1.29, 1.82) is 0 Å². The lowest BCUT2D eigenvalue weighted by molar-refractivity contribution is -0.153. The van der Waals surface area contributed by atoms with Crippen LogP contribution >= 0.6 is 0 Å². The van der Waals surface area contributed by atoms with Gasteiger partial charge in [0, 0.05) is 13.7 Å². The van der Waals surface area contributed by atoms with Crippen LogP contribution in [0.15, 0.2) is 24.3 Å². The fourth-order valence-corrected chi connectivity index (χ4v) is 1.44. The SMILES string of the molecule is COCC(N)C(=O)NCc1ccc(OCC(F)(F)F)cc1. The summed E-state index contributed by atoms with van der Waals surface area (Å²) in [5.41, 5.74) is 6.25. The van der Waals surface area contributed by atoms with Gasteiger partial charge in [-0.1, -0.05) is 12.1 Å². The van der Waals surface area contributed by atoms with Gasteiger partial charge < -0.3 is 20.5 Å². The third-order valence-electron chi connectivity index (χ3n) is 2.48.